The third kappa shape index (κ3) is 3.78. The lowest BCUT2D eigenvalue weighted by molar-refractivity contribution is 0.101. The molecule has 0 saturated heterocycles. The SMILES string of the molecule is CCCN(CCC)Cc1c(O)ccc2c1O/C(=C/c1ccccn1)C2=O. The highest BCUT2D eigenvalue weighted by molar-refractivity contribution is 6.14. The van der Waals surface area contributed by atoms with Gasteiger partial charge in [-0.2, -0.15) is 0 Å². The largest absolute Gasteiger partial charge is 0.507 e. The number of benzene rings is 1. The molecule has 0 amide bonds. The molecule has 0 fully saturated rings. The molecule has 1 aliphatic rings. The zero-order chi connectivity index (χ0) is 18.5. The number of aromatic hydroxyl groups is 1. The van der Waals surface area contributed by atoms with Gasteiger partial charge in [0.2, 0.25) is 5.78 Å². The zero-order valence-corrected chi connectivity index (χ0v) is 15.2. The Morgan fingerprint density at radius 2 is 1.92 bits per heavy atom. The van der Waals surface area contributed by atoms with Crippen molar-refractivity contribution >= 4 is 11.9 Å². The summed E-state index contributed by atoms with van der Waals surface area (Å²) in [5.74, 6) is 0.690. The number of hydrogen-bond donors (Lipinski definition) is 1. The molecule has 2 aromatic rings. The third-order valence-corrected chi connectivity index (χ3v) is 4.34. The number of fused-ring (bicyclic) bond motifs is 1. The second-order valence-corrected chi connectivity index (χ2v) is 6.41. The van der Waals surface area contributed by atoms with E-state index in [2.05, 4.69) is 23.7 Å². The Bertz CT molecular complexity index is 810. The minimum Gasteiger partial charge on any atom is -0.507 e. The summed E-state index contributed by atoms with van der Waals surface area (Å²) in [4.78, 5) is 19.2. The number of hydrogen-bond acceptors (Lipinski definition) is 5. The molecule has 0 atom stereocenters. The lowest BCUT2D eigenvalue weighted by Crippen LogP contribution is -2.25. The van der Waals surface area contributed by atoms with Crippen molar-refractivity contribution in [1.29, 1.82) is 0 Å². The fourth-order valence-corrected chi connectivity index (χ4v) is 3.17. The van der Waals surface area contributed by atoms with Crippen molar-refractivity contribution in [3.8, 4) is 11.5 Å². The van der Waals surface area contributed by atoms with Gasteiger partial charge in [0.25, 0.3) is 0 Å². The first kappa shape index (κ1) is 18.1. The van der Waals surface area contributed by atoms with Gasteiger partial charge in [0.15, 0.2) is 5.76 Å². The molecule has 3 rings (SSSR count). The summed E-state index contributed by atoms with van der Waals surface area (Å²) in [5.41, 5.74) is 1.82. The molecule has 1 aromatic heterocycles. The Hall–Kier alpha value is -2.66. The van der Waals surface area contributed by atoms with E-state index in [0.717, 1.165) is 25.9 Å². The molecule has 0 saturated carbocycles. The molecule has 1 aromatic carbocycles. The van der Waals surface area contributed by atoms with Gasteiger partial charge < -0.3 is 9.84 Å². The zero-order valence-electron chi connectivity index (χ0n) is 15.2. The number of rotatable bonds is 7. The number of carbonyl (C=O) groups excluding carboxylic acids is 1. The van der Waals surface area contributed by atoms with Crippen LogP contribution in [0.15, 0.2) is 42.3 Å². The van der Waals surface area contributed by atoms with Crippen molar-refractivity contribution in [3.63, 3.8) is 0 Å². The van der Waals surface area contributed by atoms with Crippen LogP contribution in [0.25, 0.3) is 6.08 Å². The minimum atomic E-state index is -0.176. The molecular formula is C21H24N2O3. The first-order valence-corrected chi connectivity index (χ1v) is 9.06. The fraction of sp³-hybridized carbons (Fsp3) is 0.333. The molecule has 0 aliphatic carbocycles. The van der Waals surface area contributed by atoms with Gasteiger partial charge in [-0.3, -0.25) is 14.7 Å². The van der Waals surface area contributed by atoms with Crippen LogP contribution in [0.2, 0.25) is 0 Å². The Kier molecular flexibility index (Phi) is 5.68. The number of aromatic nitrogens is 1. The van der Waals surface area contributed by atoms with Gasteiger partial charge in [0.05, 0.1) is 16.8 Å². The molecule has 1 N–H and O–H groups in total. The number of phenolic OH excluding ortho intramolecular Hbond substituents is 1. The molecule has 0 unspecified atom stereocenters. The highest BCUT2D eigenvalue weighted by Crippen LogP contribution is 2.40. The predicted molar refractivity (Wildman–Crippen MR) is 101 cm³/mol. The van der Waals surface area contributed by atoms with E-state index in [-0.39, 0.29) is 17.3 Å². The van der Waals surface area contributed by atoms with Crippen molar-refractivity contribution in [3.05, 3.63) is 59.1 Å². The van der Waals surface area contributed by atoms with Gasteiger partial charge in [-0.05, 0) is 50.2 Å². The standard InChI is InChI=1S/C21H24N2O3/c1-3-11-23(12-4-2)14-17-18(24)9-8-16-20(25)19(26-21(16)17)13-15-7-5-6-10-22-15/h5-10,13,24H,3-4,11-12,14H2,1-2H3/b19-13+. The van der Waals surface area contributed by atoms with E-state index < -0.39 is 0 Å². The number of allylic oxidation sites excluding steroid dienone is 1. The smallest absolute Gasteiger partial charge is 0.232 e. The van der Waals surface area contributed by atoms with Gasteiger partial charge in [-0.1, -0.05) is 19.9 Å². The molecule has 2 heterocycles. The molecule has 0 radical (unpaired) electrons. The van der Waals surface area contributed by atoms with Crippen LogP contribution in [0.1, 0.15) is 48.3 Å². The normalized spacial score (nSPS) is 14.7. The van der Waals surface area contributed by atoms with Crippen LogP contribution in [-0.2, 0) is 6.54 Å². The second kappa shape index (κ2) is 8.15. The van der Waals surface area contributed by atoms with Crippen LogP contribution in [0.4, 0.5) is 0 Å². The maximum absolute atomic E-state index is 12.7. The van der Waals surface area contributed by atoms with Crippen molar-refractivity contribution in [1.82, 2.24) is 9.88 Å². The van der Waals surface area contributed by atoms with Crippen LogP contribution in [0, 0.1) is 0 Å². The van der Waals surface area contributed by atoms with Gasteiger partial charge in [0, 0.05) is 18.8 Å². The molecule has 5 heteroatoms. The van der Waals surface area contributed by atoms with E-state index in [1.54, 1.807) is 24.4 Å². The second-order valence-electron chi connectivity index (χ2n) is 6.41. The van der Waals surface area contributed by atoms with Gasteiger partial charge >= 0.3 is 0 Å². The molecule has 1 aliphatic heterocycles. The molecule has 0 bridgehead atoms. The summed E-state index contributed by atoms with van der Waals surface area (Å²) < 4.78 is 5.88. The number of nitrogens with zero attached hydrogens (tertiary/aromatic N) is 2. The van der Waals surface area contributed by atoms with Crippen LogP contribution in [0.3, 0.4) is 0 Å². The molecule has 136 valence electrons. The lowest BCUT2D eigenvalue weighted by Gasteiger charge is -2.22. The van der Waals surface area contributed by atoms with Crippen LogP contribution < -0.4 is 4.74 Å². The number of ketones is 1. The number of phenols is 1. The summed E-state index contributed by atoms with van der Waals surface area (Å²) in [5, 5.41) is 10.4. The van der Waals surface area contributed by atoms with Gasteiger partial charge in [-0.25, -0.2) is 0 Å². The Morgan fingerprint density at radius 1 is 1.15 bits per heavy atom. The predicted octanol–water partition coefficient (Wildman–Crippen LogP) is 4.03. The Labute approximate surface area is 153 Å². The average Bonchev–Trinajstić information content (AvgIpc) is 2.95. The van der Waals surface area contributed by atoms with E-state index in [1.165, 1.54) is 0 Å². The van der Waals surface area contributed by atoms with E-state index in [1.807, 2.05) is 18.2 Å². The van der Waals surface area contributed by atoms with Gasteiger partial charge in [-0.15, -0.1) is 0 Å². The number of carbonyl (C=O) groups is 1. The van der Waals surface area contributed by atoms with Crippen LogP contribution in [0.5, 0.6) is 11.5 Å². The number of pyridine rings is 1. The average molecular weight is 352 g/mol. The Balaban J connectivity index is 1.93. The molecular weight excluding hydrogens is 328 g/mol. The van der Waals surface area contributed by atoms with Crippen molar-refractivity contribution < 1.29 is 14.6 Å². The molecule has 5 nitrogen and oxygen atoms in total. The highest BCUT2D eigenvalue weighted by Gasteiger charge is 2.31. The van der Waals surface area contributed by atoms with E-state index in [0.29, 0.717) is 29.1 Å². The first-order chi connectivity index (χ1) is 12.6. The summed E-state index contributed by atoms with van der Waals surface area (Å²) in [6.07, 6.45) is 5.36. The number of Topliss-reactive ketones (excluding diaryl/α,β-unsaturated/α-hetero) is 1. The maximum atomic E-state index is 12.7. The highest BCUT2D eigenvalue weighted by atomic mass is 16.5. The van der Waals surface area contributed by atoms with Crippen molar-refractivity contribution in [2.45, 2.75) is 33.2 Å². The number of ether oxygens (including phenoxy) is 1. The minimum absolute atomic E-state index is 0.160. The molecule has 0 spiro atoms. The summed E-state index contributed by atoms with van der Waals surface area (Å²) in [7, 11) is 0. The van der Waals surface area contributed by atoms with Crippen molar-refractivity contribution in [2.24, 2.45) is 0 Å². The fourth-order valence-electron chi connectivity index (χ4n) is 3.17. The maximum Gasteiger partial charge on any atom is 0.232 e. The van der Waals surface area contributed by atoms with Gasteiger partial charge in [0.1, 0.15) is 11.5 Å². The Morgan fingerprint density at radius 3 is 2.58 bits per heavy atom. The van der Waals surface area contributed by atoms with E-state index in [9.17, 15) is 9.90 Å². The summed E-state index contributed by atoms with van der Waals surface area (Å²) >= 11 is 0. The quantitative estimate of drug-likeness (QED) is 0.763. The topological polar surface area (TPSA) is 62.7 Å². The summed E-state index contributed by atoms with van der Waals surface area (Å²) in [6, 6.07) is 8.70. The van der Waals surface area contributed by atoms with Crippen LogP contribution in [-0.4, -0.2) is 33.9 Å². The van der Waals surface area contributed by atoms with E-state index in [4.69, 9.17) is 4.74 Å². The lowest BCUT2D eigenvalue weighted by atomic mass is 10.0. The van der Waals surface area contributed by atoms with E-state index >= 15 is 0 Å². The third-order valence-electron chi connectivity index (χ3n) is 4.34. The first-order valence-electron chi connectivity index (χ1n) is 9.06. The molecule has 26 heavy (non-hydrogen) atoms. The van der Waals surface area contributed by atoms with Crippen LogP contribution >= 0.6 is 0 Å². The monoisotopic (exact) mass is 352 g/mol. The summed E-state index contributed by atoms with van der Waals surface area (Å²) in [6.45, 7) is 6.68. The van der Waals surface area contributed by atoms with Crippen molar-refractivity contribution in [2.75, 3.05) is 13.1 Å².